The van der Waals surface area contributed by atoms with Crippen LogP contribution in [0.4, 0.5) is 15.8 Å². The van der Waals surface area contributed by atoms with Crippen LogP contribution in [0.5, 0.6) is 0 Å². The zero-order chi connectivity index (χ0) is 18.6. The van der Waals surface area contributed by atoms with E-state index in [1.807, 2.05) is 19.1 Å². The number of hydrogen-bond acceptors (Lipinski definition) is 3. The van der Waals surface area contributed by atoms with E-state index in [0.29, 0.717) is 5.69 Å². The fourth-order valence-corrected chi connectivity index (χ4v) is 3.66. The van der Waals surface area contributed by atoms with Crippen LogP contribution in [0.2, 0.25) is 0 Å². The topological polar surface area (TPSA) is 66.5 Å². The van der Waals surface area contributed by atoms with Crippen molar-refractivity contribution in [2.24, 2.45) is 0 Å². The van der Waals surface area contributed by atoms with Gasteiger partial charge in [-0.3, -0.25) is 9.10 Å². The van der Waals surface area contributed by atoms with Gasteiger partial charge in [0.05, 0.1) is 11.9 Å². The van der Waals surface area contributed by atoms with E-state index < -0.39 is 27.8 Å². The Bertz CT molecular complexity index is 851. The van der Waals surface area contributed by atoms with Crippen LogP contribution in [-0.4, -0.2) is 26.6 Å². The summed E-state index contributed by atoms with van der Waals surface area (Å²) in [6, 6.07) is 11.4. The minimum Gasteiger partial charge on any atom is -0.324 e. The van der Waals surface area contributed by atoms with Crippen LogP contribution in [-0.2, 0) is 21.2 Å². The minimum absolute atomic E-state index is 0.103. The van der Waals surface area contributed by atoms with Crippen LogP contribution in [0.3, 0.4) is 0 Å². The Hall–Kier alpha value is -2.41. The summed E-state index contributed by atoms with van der Waals surface area (Å²) < 4.78 is 38.7. The van der Waals surface area contributed by atoms with Gasteiger partial charge in [0.1, 0.15) is 11.9 Å². The van der Waals surface area contributed by atoms with Gasteiger partial charge in [0, 0.05) is 5.69 Å². The highest BCUT2D eigenvalue weighted by Gasteiger charge is 2.29. The Morgan fingerprint density at radius 2 is 1.84 bits per heavy atom. The van der Waals surface area contributed by atoms with Gasteiger partial charge in [-0.2, -0.15) is 0 Å². The van der Waals surface area contributed by atoms with Crippen LogP contribution in [0, 0.1) is 5.82 Å². The van der Waals surface area contributed by atoms with Gasteiger partial charge in [-0.25, -0.2) is 12.8 Å². The quantitative estimate of drug-likeness (QED) is 0.856. The zero-order valence-electron chi connectivity index (χ0n) is 14.4. The first-order valence-corrected chi connectivity index (χ1v) is 9.72. The lowest BCUT2D eigenvalue weighted by molar-refractivity contribution is -0.116. The predicted octanol–water partition coefficient (Wildman–Crippen LogP) is 3.18. The Labute approximate surface area is 147 Å². The second-order valence-electron chi connectivity index (χ2n) is 5.75. The molecule has 0 aliphatic rings. The minimum atomic E-state index is -3.78. The number of anilines is 2. The van der Waals surface area contributed by atoms with Crippen molar-refractivity contribution in [2.75, 3.05) is 15.9 Å². The summed E-state index contributed by atoms with van der Waals surface area (Å²) >= 11 is 0. The monoisotopic (exact) mass is 364 g/mol. The van der Waals surface area contributed by atoms with Crippen molar-refractivity contribution in [1.82, 2.24) is 0 Å². The van der Waals surface area contributed by atoms with Crippen LogP contribution in [0.15, 0.2) is 48.5 Å². The molecular weight excluding hydrogens is 343 g/mol. The number of halogens is 1. The number of carbonyl (C=O) groups excluding carboxylic acids is 1. The number of benzene rings is 2. The lowest BCUT2D eigenvalue weighted by Gasteiger charge is -2.28. The highest BCUT2D eigenvalue weighted by molar-refractivity contribution is 7.92. The summed E-state index contributed by atoms with van der Waals surface area (Å²) in [6.07, 6.45) is 1.86. The molecule has 1 unspecified atom stereocenters. The van der Waals surface area contributed by atoms with Gasteiger partial charge in [0.15, 0.2) is 0 Å². The van der Waals surface area contributed by atoms with E-state index in [0.717, 1.165) is 28.6 Å². The molecule has 0 aliphatic heterocycles. The highest BCUT2D eigenvalue weighted by Crippen LogP contribution is 2.22. The van der Waals surface area contributed by atoms with Gasteiger partial charge in [0.25, 0.3) is 0 Å². The molecule has 7 heteroatoms. The normalized spacial score (nSPS) is 12.5. The number of nitrogens with zero attached hydrogens (tertiary/aromatic N) is 1. The molecule has 1 N–H and O–H groups in total. The maximum absolute atomic E-state index is 13.5. The number of hydrogen-bond donors (Lipinski definition) is 1. The predicted molar refractivity (Wildman–Crippen MR) is 97.6 cm³/mol. The highest BCUT2D eigenvalue weighted by atomic mass is 32.2. The van der Waals surface area contributed by atoms with E-state index in [4.69, 9.17) is 0 Å². The third-order valence-electron chi connectivity index (χ3n) is 3.78. The average molecular weight is 364 g/mol. The summed E-state index contributed by atoms with van der Waals surface area (Å²) in [5.41, 5.74) is 1.80. The lowest BCUT2D eigenvalue weighted by Crippen LogP contribution is -2.45. The number of carbonyl (C=O) groups is 1. The molecular formula is C18H21FN2O3S. The van der Waals surface area contributed by atoms with Crippen molar-refractivity contribution in [3.05, 3.63) is 59.9 Å². The second kappa shape index (κ2) is 7.65. The number of nitrogens with one attached hydrogen (secondary N) is 1. The van der Waals surface area contributed by atoms with Crippen molar-refractivity contribution in [3.63, 3.8) is 0 Å². The van der Waals surface area contributed by atoms with Gasteiger partial charge < -0.3 is 5.32 Å². The van der Waals surface area contributed by atoms with Gasteiger partial charge in [0.2, 0.25) is 15.9 Å². The number of rotatable bonds is 6. The first-order chi connectivity index (χ1) is 11.7. The fourth-order valence-electron chi connectivity index (χ4n) is 2.49. The molecule has 134 valence electrons. The first-order valence-electron chi connectivity index (χ1n) is 7.87. The van der Waals surface area contributed by atoms with Crippen LogP contribution >= 0.6 is 0 Å². The van der Waals surface area contributed by atoms with E-state index in [-0.39, 0.29) is 5.69 Å². The number of aryl methyl sites for hydroxylation is 1. The van der Waals surface area contributed by atoms with Crippen LogP contribution < -0.4 is 9.62 Å². The van der Waals surface area contributed by atoms with E-state index in [2.05, 4.69) is 5.32 Å². The molecule has 0 spiro atoms. The van der Waals surface area contributed by atoms with Gasteiger partial charge in [-0.15, -0.1) is 0 Å². The molecule has 0 bridgehead atoms. The summed E-state index contributed by atoms with van der Waals surface area (Å²) in [7, 11) is -3.78. The van der Waals surface area contributed by atoms with Crippen LogP contribution in [0.25, 0.3) is 0 Å². The van der Waals surface area contributed by atoms with Crippen molar-refractivity contribution < 1.29 is 17.6 Å². The standard InChI is InChI=1S/C18H21FN2O3S/c1-4-14-8-10-16(11-9-14)20-18(22)13(2)21(25(3,23)24)17-7-5-6-15(19)12-17/h5-13H,4H2,1-3H3,(H,20,22). The van der Waals surface area contributed by atoms with E-state index >= 15 is 0 Å². The smallest absolute Gasteiger partial charge is 0.247 e. The molecule has 2 aromatic carbocycles. The number of sulfonamides is 1. The fraction of sp³-hybridized carbons (Fsp3) is 0.278. The Balaban J connectivity index is 2.26. The first kappa shape index (κ1) is 18.9. The van der Waals surface area contributed by atoms with Crippen molar-refractivity contribution in [1.29, 1.82) is 0 Å². The molecule has 0 fully saturated rings. The molecule has 0 aliphatic carbocycles. The Morgan fingerprint density at radius 3 is 2.36 bits per heavy atom. The third kappa shape index (κ3) is 4.79. The molecule has 2 rings (SSSR count). The average Bonchev–Trinajstić information content (AvgIpc) is 2.54. The summed E-state index contributed by atoms with van der Waals surface area (Å²) in [5.74, 6) is -1.08. The SMILES string of the molecule is CCc1ccc(NC(=O)C(C)N(c2cccc(F)c2)S(C)(=O)=O)cc1. The molecule has 0 saturated heterocycles. The molecule has 0 saturated carbocycles. The van der Waals surface area contributed by atoms with E-state index in [1.165, 1.54) is 25.1 Å². The second-order valence-corrected chi connectivity index (χ2v) is 7.61. The largest absolute Gasteiger partial charge is 0.324 e. The van der Waals surface area contributed by atoms with Crippen molar-refractivity contribution in [2.45, 2.75) is 26.3 Å². The summed E-state index contributed by atoms with van der Waals surface area (Å²) in [6.45, 7) is 3.49. The molecule has 25 heavy (non-hydrogen) atoms. The molecule has 0 radical (unpaired) electrons. The van der Waals surface area contributed by atoms with Crippen molar-refractivity contribution in [3.8, 4) is 0 Å². The summed E-state index contributed by atoms with van der Waals surface area (Å²) in [4.78, 5) is 12.5. The zero-order valence-corrected chi connectivity index (χ0v) is 15.2. The van der Waals surface area contributed by atoms with Gasteiger partial charge in [-0.05, 0) is 49.2 Å². The molecule has 1 atom stereocenters. The van der Waals surface area contributed by atoms with E-state index in [1.54, 1.807) is 12.1 Å². The Morgan fingerprint density at radius 1 is 1.20 bits per heavy atom. The summed E-state index contributed by atoms with van der Waals surface area (Å²) in [5, 5.41) is 2.69. The van der Waals surface area contributed by atoms with Gasteiger partial charge in [-0.1, -0.05) is 25.1 Å². The van der Waals surface area contributed by atoms with Crippen molar-refractivity contribution >= 4 is 27.3 Å². The Kier molecular flexibility index (Phi) is 5.79. The van der Waals surface area contributed by atoms with Gasteiger partial charge >= 0.3 is 0 Å². The van der Waals surface area contributed by atoms with Crippen LogP contribution in [0.1, 0.15) is 19.4 Å². The molecule has 1 amide bonds. The lowest BCUT2D eigenvalue weighted by atomic mass is 10.1. The molecule has 5 nitrogen and oxygen atoms in total. The third-order valence-corrected chi connectivity index (χ3v) is 5.02. The number of amides is 1. The maximum atomic E-state index is 13.5. The maximum Gasteiger partial charge on any atom is 0.247 e. The molecule has 0 aromatic heterocycles. The molecule has 2 aromatic rings. The van der Waals surface area contributed by atoms with E-state index in [9.17, 15) is 17.6 Å². The molecule has 0 heterocycles.